The minimum atomic E-state index is -1.02. The van der Waals surface area contributed by atoms with Gasteiger partial charge in [0.15, 0.2) is 6.10 Å². The Balaban J connectivity index is 2.02. The number of hydrogen-bond donors (Lipinski definition) is 2. The van der Waals surface area contributed by atoms with Crippen LogP contribution in [0.1, 0.15) is 41.0 Å². The minimum absolute atomic E-state index is 0.213. The number of anilines is 1. The maximum Gasteiger partial charge on any atom is 0.329 e. The Morgan fingerprint density at radius 3 is 2.19 bits per heavy atom. The van der Waals surface area contributed by atoms with Crippen LogP contribution in [0.15, 0.2) is 54.6 Å². The van der Waals surface area contributed by atoms with E-state index in [4.69, 9.17) is 4.74 Å². The van der Waals surface area contributed by atoms with Crippen LogP contribution in [0.2, 0.25) is 0 Å². The van der Waals surface area contributed by atoms with Crippen molar-refractivity contribution in [2.24, 2.45) is 0 Å². The van der Waals surface area contributed by atoms with Crippen LogP contribution in [0, 0.1) is 0 Å². The Bertz CT molecular complexity index is 915. The summed E-state index contributed by atoms with van der Waals surface area (Å²) in [7, 11) is 0. The van der Waals surface area contributed by atoms with Gasteiger partial charge in [-0.25, -0.2) is 4.79 Å². The first kappa shape index (κ1) is 24.1. The highest BCUT2D eigenvalue weighted by Crippen LogP contribution is 2.14. The predicted octanol–water partition coefficient (Wildman–Crippen LogP) is 3.31. The van der Waals surface area contributed by atoms with E-state index in [1.807, 2.05) is 6.26 Å². The van der Waals surface area contributed by atoms with Crippen LogP contribution in [-0.2, 0) is 14.3 Å². The molecule has 0 spiro atoms. The quantitative estimate of drug-likeness (QED) is 0.432. The fourth-order valence-electron chi connectivity index (χ4n) is 2.78. The largest absolute Gasteiger partial charge is 0.453 e. The van der Waals surface area contributed by atoms with Crippen LogP contribution < -0.4 is 10.6 Å². The van der Waals surface area contributed by atoms with E-state index in [2.05, 4.69) is 10.6 Å². The molecule has 8 heteroatoms. The normalized spacial score (nSPS) is 12.4. The third kappa shape index (κ3) is 7.57. The lowest BCUT2D eigenvalue weighted by Gasteiger charge is -2.20. The van der Waals surface area contributed by atoms with Gasteiger partial charge in [0, 0.05) is 23.7 Å². The molecule has 0 saturated heterocycles. The zero-order valence-electron chi connectivity index (χ0n) is 17.7. The monoisotopic (exact) mass is 442 g/mol. The van der Waals surface area contributed by atoms with E-state index in [0.717, 1.165) is 0 Å². The number of carbonyl (C=O) groups is 4. The number of ketones is 1. The van der Waals surface area contributed by atoms with Crippen LogP contribution in [0.4, 0.5) is 5.69 Å². The number of Topliss-reactive ketones (excluding diaryl/α,β-unsaturated/α-hetero) is 1. The number of amides is 2. The van der Waals surface area contributed by atoms with E-state index in [9.17, 15) is 19.2 Å². The Hall–Kier alpha value is -3.13. The van der Waals surface area contributed by atoms with Gasteiger partial charge in [-0.3, -0.25) is 14.4 Å². The van der Waals surface area contributed by atoms with Gasteiger partial charge >= 0.3 is 5.97 Å². The van der Waals surface area contributed by atoms with Crippen LogP contribution in [0.3, 0.4) is 0 Å². The van der Waals surface area contributed by atoms with Crippen molar-refractivity contribution in [3.63, 3.8) is 0 Å². The summed E-state index contributed by atoms with van der Waals surface area (Å²) < 4.78 is 5.38. The van der Waals surface area contributed by atoms with Crippen molar-refractivity contribution >= 4 is 41.0 Å². The molecule has 0 saturated carbocycles. The predicted molar refractivity (Wildman–Crippen MR) is 121 cm³/mol. The maximum absolute atomic E-state index is 12.7. The molecule has 0 aromatic heterocycles. The highest BCUT2D eigenvalue weighted by molar-refractivity contribution is 7.98. The number of hydrogen-bond acceptors (Lipinski definition) is 6. The first-order valence-electron chi connectivity index (χ1n) is 9.79. The molecule has 2 amide bonds. The second-order valence-electron chi connectivity index (χ2n) is 6.88. The van der Waals surface area contributed by atoms with Gasteiger partial charge in [-0.05, 0) is 61.8 Å². The second kappa shape index (κ2) is 11.9. The van der Waals surface area contributed by atoms with E-state index >= 15 is 0 Å². The Kier molecular flexibility index (Phi) is 9.27. The molecule has 7 nitrogen and oxygen atoms in total. The molecule has 0 radical (unpaired) electrons. The van der Waals surface area contributed by atoms with Crippen molar-refractivity contribution in [3.05, 3.63) is 65.7 Å². The number of benzene rings is 2. The van der Waals surface area contributed by atoms with Crippen molar-refractivity contribution in [2.45, 2.75) is 32.4 Å². The fourth-order valence-corrected chi connectivity index (χ4v) is 3.25. The van der Waals surface area contributed by atoms with Gasteiger partial charge in [0.1, 0.15) is 6.04 Å². The molecule has 31 heavy (non-hydrogen) atoms. The molecule has 0 bridgehead atoms. The van der Waals surface area contributed by atoms with Gasteiger partial charge in [0.2, 0.25) is 11.7 Å². The molecule has 164 valence electrons. The highest BCUT2D eigenvalue weighted by atomic mass is 32.2. The third-order valence-electron chi connectivity index (χ3n) is 4.39. The number of ether oxygens (including phenoxy) is 1. The Labute approximate surface area is 185 Å². The maximum atomic E-state index is 12.7. The number of rotatable bonds is 10. The van der Waals surface area contributed by atoms with Gasteiger partial charge < -0.3 is 15.4 Å². The van der Waals surface area contributed by atoms with Gasteiger partial charge in [-0.15, -0.1) is 0 Å². The van der Waals surface area contributed by atoms with E-state index < -0.39 is 18.1 Å². The molecule has 2 aromatic carbocycles. The summed E-state index contributed by atoms with van der Waals surface area (Å²) in [6.07, 6.45) is 1.26. The topological polar surface area (TPSA) is 102 Å². The van der Waals surface area contributed by atoms with E-state index in [1.54, 1.807) is 66.4 Å². The van der Waals surface area contributed by atoms with Crippen LogP contribution in [-0.4, -0.2) is 47.7 Å². The standard InChI is InChI=1S/C23H26N2O5S/c1-15(21(27)17-9-11-19(12-10-17)24-16(2)26)30-23(29)20(13-14-31-3)25-22(28)18-7-5-4-6-8-18/h4-12,15,20H,13-14H2,1-3H3,(H,24,26)(H,25,28). The van der Waals surface area contributed by atoms with Crippen molar-refractivity contribution in [2.75, 3.05) is 17.3 Å². The molecule has 0 aliphatic heterocycles. The van der Waals surface area contributed by atoms with Crippen LogP contribution >= 0.6 is 11.8 Å². The Morgan fingerprint density at radius 1 is 0.968 bits per heavy atom. The molecule has 2 rings (SSSR count). The first-order chi connectivity index (χ1) is 14.8. The first-order valence-corrected chi connectivity index (χ1v) is 11.2. The number of nitrogens with one attached hydrogen (secondary N) is 2. The lowest BCUT2D eigenvalue weighted by Crippen LogP contribution is -2.44. The van der Waals surface area contributed by atoms with Gasteiger partial charge in [-0.2, -0.15) is 11.8 Å². The molecular weight excluding hydrogens is 416 g/mol. The molecule has 2 aromatic rings. The van der Waals surface area contributed by atoms with Crippen molar-refractivity contribution < 1.29 is 23.9 Å². The summed E-state index contributed by atoms with van der Waals surface area (Å²) in [6, 6.07) is 14.0. The average molecular weight is 443 g/mol. The van der Waals surface area contributed by atoms with Gasteiger partial charge in [-0.1, -0.05) is 18.2 Å². The van der Waals surface area contributed by atoms with E-state index in [0.29, 0.717) is 29.0 Å². The fraction of sp³-hybridized carbons (Fsp3) is 0.304. The lowest BCUT2D eigenvalue weighted by molar-refractivity contribution is -0.148. The zero-order valence-corrected chi connectivity index (χ0v) is 18.5. The lowest BCUT2D eigenvalue weighted by atomic mass is 10.1. The number of thioether (sulfide) groups is 1. The zero-order chi connectivity index (χ0) is 22.8. The minimum Gasteiger partial charge on any atom is -0.453 e. The summed E-state index contributed by atoms with van der Waals surface area (Å²) >= 11 is 1.54. The third-order valence-corrected chi connectivity index (χ3v) is 5.03. The van der Waals surface area contributed by atoms with E-state index in [-0.39, 0.29) is 17.6 Å². The van der Waals surface area contributed by atoms with Gasteiger partial charge in [0.05, 0.1) is 0 Å². The summed E-state index contributed by atoms with van der Waals surface area (Å²) in [4.78, 5) is 48.9. The second-order valence-corrected chi connectivity index (χ2v) is 7.86. The van der Waals surface area contributed by atoms with Crippen molar-refractivity contribution in [1.29, 1.82) is 0 Å². The van der Waals surface area contributed by atoms with Crippen molar-refractivity contribution in [1.82, 2.24) is 5.32 Å². The smallest absolute Gasteiger partial charge is 0.329 e. The number of esters is 1. The van der Waals surface area contributed by atoms with Crippen molar-refractivity contribution in [3.8, 4) is 0 Å². The molecule has 2 atom stereocenters. The molecule has 0 aliphatic carbocycles. The van der Waals surface area contributed by atoms with Gasteiger partial charge in [0.25, 0.3) is 5.91 Å². The highest BCUT2D eigenvalue weighted by Gasteiger charge is 2.27. The molecule has 2 N–H and O–H groups in total. The molecule has 2 unspecified atom stereocenters. The van der Waals surface area contributed by atoms with Crippen LogP contribution in [0.25, 0.3) is 0 Å². The summed E-state index contributed by atoms with van der Waals surface area (Å²) in [5, 5.41) is 5.32. The molecular formula is C23H26N2O5S. The summed E-state index contributed by atoms with van der Waals surface area (Å²) in [5.74, 6) is -0.983. The molecule has 0 fully saturated rings. The van der Waals surface area contributed by atoms with Crippen LogP contribution in [0.5, 0.6) is 0 Å². The summed E-state index contributed by atoms with van der Waals surface area (Å²) in [5.41, 5.74) is 1.35. The summed E-state index contributed by atoms with van der Waals surface area (Å²) in [6.45, 7) is 2.89. The van der Waals surface area contributed by atoms with E-state index in [1.165, 1.54) is 13.8 Å². The average Bonchev–Trinajstić information content (AvgIpc) is 2.76. The molecule has 0 heterocycles. The SMILES string of the molecule is CSCCC(NC(=O)c1ccccc1)C(=O)OC(C)C(=O)c1ccc(NC(C)=O)cc1. The molecule has 0 aliphatic rings. The number of carbonyl (C=O) groups excluding carboxylic acids is 4. The Morgan fingerprint density at radius 2 is 1.61 bits per heavy atom.